The Morgan fingerprint density at radius 2 is 2.19 bits per heavy atom. The topological polar surface area (TPSA) is 61.6 Å². The Bertz CT molecular complexity index is 704. The molecule has 1 saturated heterocycles. The maximum atomic E-state index is 11.1. The van der Waals surface area contributed by atoms with E-state index in [0.29, 0.717) is 5.75 Å². The fourth-order valence-electron chi connectivity index (χ4n) is 4.98. The fourth-order valence-corrected chi connectivity index (χ4v) is 4.98. The second kappa shape index (κ2) is 7.15. The number of fused-ring (bicyclic) bond motifs is 2. The molecule has 1 fully saturated rings. The van der Waals surface area contributed by atoms with Crippen LogP contribution in [-0.2, 0) is 11.2 Å². The van der Waals surface area contributed by atoms with E-state index in [0.717, 1.165) is 50.3 Å². The number of aliphatic hydroxyl groups is 1. The Kier molecular flexibility index (Phi) is 4.99. The minimum Gasteiger partial charge on any atom is -0.492 e. The quantitative estimate of drug-likeness (QED) is 0.831. The van der Waals surface area contributed by atoms with E-state index in [1.54, 1.807) is 7.11 Å². The molecule has 0 spiro atoms. The summed E-state index contributed by atoms with van der Waals surface area (Å²) in [5, 5.41) is 11.1. The van der Waals surface area contributed by atoms with E-state index >= 15 is 0 Å². The first-order valence-corrected chi connectivity index (χ1v) is 10.0. The molecule has 1 aromatic carbocycles. The van der Waals surface area contributed by atoms with Crippen molar-refractivity contribution in [1.82, 2.24) is 0 Å². The van der Waals surface area contributed by atoms with Crippen molar-refractivity contribution in [2.24, 2.45) is 5.92 Å². The lowest BCUT2D eigenvalue weighted by molar-refractivity contribution is -0.915. The van der Waals surface area contributed by atoms with Gasteiger partial charge < -0.3 is 29.0 Å². The molecule has 3 aliphatic heterocycles. The van der Waals surface area contributed by atoms with E-state index in [4.69, 9.17) is 18.9 Å². The summed E-state index contributed by atoms with van der Waals surface area (Å²) < 4.78 is 22.9. The Balaban J connectivity index is 1.62. The number of aliphatic hydroxyl groups excluding tert-OH is 1. The second-order valence-electron chi connectivity index (χ2n) is 8.78. The van der Waals surface area contributed by atoms with Crippen LogP contribution < -0.4 is 19.1 Å². The van der Waals surface area contributed by atoms with Crippen molar-refractivity contribution in [3.63, 3.8) is 0 Å². The average Bonchev–Trinajstić information content (AvgIpc) is 3.09. The van der Waals surface area contributed by atoms with Crippen molar-refractivity contribution in [3.8, 4) is 17.2 Å². The third-order valence-electron chi connectivity index (χ3n) is 6.44. The zero-order valence-corrected chi connectivity index (χ0v) is 16.8. The third kappa shape index (κ3) is 3.50. The van der Waals surface area contributed by atoms with Crippen LogP contribution >= 0.6 is 0 Å². The van der Waals surface area contributed by atoms with E-state index in [-0.39, 0.29) is 30.5 Å². The summed E-state index contributed by atoms with van der Waals surface area (Å²) in [5.74, 6) is 2.53. The Morgan fingerprint density at radius 3 is 2.93 bits per heavy atom. The Labute approximate surface area is 161 Å². The van der Waals surface area contributed by atoms with E-state index in [2.05, 4.69) is 27.0 Å². The highest BCUT2D eigenvalue weighted by molar-refractivity contribution is 5.61. The molecule has 0 amide bonds. The minimum atomic E-state index is -0.353. The van der Waals surface area contributed by atoms with Gasteiger partial charge in [0.25, 0.3) is 0 Å². The molecule has 150 valence electrons. The zero-order valence-electron chi connectivity index (χ0n) is 16.8. The van der Waals surface area contributed by atoms with E-state index in [1.807, 2.05) is 0 Å². The van der Waals surface area contributed by atoms with Crippen LogP contribution in [0.25, 0.3) is 0 Å². The summed E-state index contributed by atoms with van der Waals surface area (Å²) in [7, 11) is 3.90. The number of methoxy groups -OCH3 is 1. The summed E-state index contributed by atoms with van der Waals surface area (Å²) in [6.45, 7) is 6.22. The molecule has 6 heteroatoms. The lowest BCUT2D eigenvalue weighted by Gasteiger charge is -2.40. The number of rotatable bonds is 4. The molecule has 1 aromatic rings. The molecule has 3 heterocycles. The van der Waals surface area contributed by atoms with Crippen molar-refractivity contribution in [2.75, 3.05) is 34.1 Å². The summed E-state index contributed by atoms with van der Waals surface area (Å²) >= 11 is 0. The molecule has 4 unspecified atom stereocenters. The standard InChI is InChI=1S/C21H31NO5/c1-21(2)11-14(6-8-27-21)16(23)10-15-18-13(5-7-22(15)3)9-17-19(20(18)24-4)26-12-25-17/h9,14-16,23H,5-8,10-12H2,1-4H3/p+1. The van der Waals surface area contributed by atoms with Crippen LogP contribution in [0.3, 0.4) is 0 Å². The van der Waals surface area contributed by atoms with Crippen LogP contribution in [0.5, 0.6) is 17.2 Å². The minimum absolute atomic E-state index is 0.156. The molecule has 0 saturated carbocycles. The van der Waals surface area contributed by atoms with Crippen molar-refractivity contribution in [1.29, 1.82) is 0 Å². The molecule has 4 atom stereocenters. The molecule has 0 radical (unpaired) electrons. The molecule has 4 rings (SSSR count). The fraction of sp³-hybridized carbons (Fsp3) is 0.714. The van der Waals surface area contributed by atoms with Gasteiger partial charge in [-0.15, -0.1) is 0 Å². The lowest BCUT2D eigenvalue weighted by atomic mass is 9.80. The molecule has 0 bridgehead atoms. The second-order valence-corrected chi connectivity index (χ2v) is 8.78. The van der Waals surface area contributed by atoms with Crippen LogP contribution in [-0.4, -0.2) is 50.9 Å². The highest BCUT2D eigenvalue weighted by atomic mass is 16.7. The first-order chi connectivity index (χ1) is 12.9. The number of nitrogens with one attached hydrogen (secondary N) is 1. The van der Waals surface area contributed by atoms with Gasteiger partial charge >= 0.3 is 0 Å². The first kappa shape index (κ1) is 18.8. The van der Waals surface area contributed by atoms with Crippen LogP contribution in [0, 0.1) is 5.92 Å². The van der Waals surface area contributed by atoms with Gasteiger partial charge in [0.1, 0.15) is 6.04 Å². The van der Waals surface area contributed by atoms with Crippen molar-refractivity contribution in [3.05, 3.63) is 17.2 Å². The highest BCUT2D eigenvalue weighted by Gasteiger charge is 2.40. The first-order valence-electron chi connectivity index (χ1n) is 10.0. The summed E-state index contributed by atoms with van der Waals surface area (Å²) in [6, 6.07) is 2.28. The lowest BCUT2D eigenvalue weighted by Crippen LogP contribution is -3.10. The Morgan fingerprint density at radius 1 is 1.37 bits per heavy atom. The molecule has 0 aliphatic carbocycles. The van der Waals surface area contributed by atoms with Crippen molar-refractivity contribution in [2.45, 2.75) is 57.3 Å². The molecule has 6 nitrogen and oxygen atoms in total. The van der Waals surface area contributed by atoms with Crippen LogP contribution in [0.2, 0.25) is 0 Å². The zero-order chi connectivity index (χ0) is 19.2. The largest absolute Gasteiger partial charge is 0.492 e. The molecule has 3 aliphatic rings. The van der Waals surface area contributed by atoms with E-state index in [9.17, 15) is 5.11 Å². The van der Waals surface area contributed by atoms with Gasteiger partial charge in [-0.05, 0) is 44.2 Å². The number of quaternary nitrogens is 1. The summed E-state index contributed by atoms with van der Waals surface area (Å²) in [5.41, 5.74) is 2.28. The summed E-state index contributed by atoms with van der Waals surface area (Å²) in [6.07, 6.45) is 3.15. The number of hydrogen-bond acceptors (Lipinski definition) is 5. The molecular formula is C21H32NO5+. The molecule has 2 N–H and O–H groups in total. The van der Waals surface area contributed by atoms with Crippen LogP contribution in [0.1, 0.15) is 50.3 Å². The number of benzene rings is 1. The number of hydrogen-bond donors (Lipinski definition) is 2. The predicted molar refractivity (Wildman–Crippen MR) is 101 cm³/mol. The predicted octanol–water partition coefficient (Wildman–Crippen LogP) is 1.49. The van der Waals surface area contributed by atoms with Gasteiger partial charge in [-0.3, -0.25) is 0 Å². The van der Waals surface area contributed by atoms with E-state index < -0.39 is 0 Å². The Hall–Kier alpha value is -1.50. The van der Waals surface area contributed by atoms with Gasteiger partial charge in [-0.25, -0.2) is 0 Å². The monoisotopic (exact) mass is 378 g/mol. The van der Waals surface area contributed by atoms with Gasteiger partial charge in [0, 0.05) is 19.4 Å². The third-order valence-corrected chi connectivity index (χ3v) is 6.44. The van der Waals surface area contributed by atoms with Crippen molar-refractivity contribution >= 4 is 0 Å². The smallest absolute Gasteiger partial charge is 0.231 e. The van der Waals surface area contributed by atoms with Crippen molar-refractivity contribution < 1.29 is 29.0 Å². The maximum Gasteiger partial charge on any atom is 0.231 e. The van der Waals surface area contributed by atoms with Gasteiger partial charge in [-0.2, -0.15) is 0 Å². The normalized spacial score (nSPS) is 29.9. The maximum absolute atomic E-state index is 11.1. The number of ether oxygens (including phenoxy) is 4. The van der Waals surface area contributed by atoms with Gasteiger partial charge in [-0.1, -0.05) is 0 Å². The SMILES string of the molecule is COc1c2c(cc3c1C(CC(O)C1CCOC(C)(C)C1)[NH+](C)CC3)OCO2. The van der Waals surface area contributed by atoms with Gasteiger partial charge in [0.2, 0.25) is 12.5 Å². The molecular weight excluding hydrogens is 346 g/mol. The average molecular weight is 378 g/mol. The number of likely N-dealkylation sites (N-methyl/N-ethyl adjacent to an activating group) is 1. The van der Waals surface area contributed by atoms with Crippen LogP contribution in [0.4, 0.5) is 0 Å². The summed E-state index contributed by atoms with van der Waals surface area (Å²) in [4.78, 5) is 1.41. The molecule has 27 heavy (non-hydrogen) atoms. The van der Waals surface area contributed by atoms with Gasteiger partial charge in [0.15, 0.2) is 11.5 Å². The van der Waals surface area contributed by atoms with Crippen LogP contribution in [0.15, 0.2) is 6.07 Å². The highest BCUT2D eigenvalue weighted by Crippen LogP contribution is 2.48. The molecule has 0 aromatic heterocycles. The van der Waals surface area contributed by atoms with Gasteiger partial charge in [0.05, 0.1) is 38.0 Å². The van der Waals surface area contributed by atoms with E-state index in [1.165, 1.54) is 16.0 Å².